The first-order valence-corrected chi connectivity index (χ1v) is 5.48. The molecule has 88 valence electrons. The summed E-state index contributed by atoms with van der Waals surface area (Å²) in [6.07, 6.45) is 1.27. The molecular formula is C13H13NO3. The third-order valence-electron chi connectivity index (χ3n) is 2.48. The second kappa shape index (κ2) is 4.82. The third kappa shape index (κ3) is 2.36. The molecule has 2 rings (SSSR count). The monoisotopic (exact) mass is 231 g/mol. The van der Waals surface area contributed by atoms with E-state index in [4.69, 9.17) is 4.42 Å². The molecule has 1 aromatic carbocycles. The maximum absolute atomic E-state index is 11.9. The fraction of sp³-hybridized carbons (Fsp3) is 0.231. The van der Waals surface area contributed by atoms with Crippen molar-refractivity contribution in [3.8, 4) is 0 Å². The number of fused-ring (bicyclic) bond motifs is 1. The summed E-state index contributed by atoms with van der Waals surface area (Å²) < 4.78 is 5.26. The summed E-state index contributed by atoms with van der Waals surface area (Å²) in [5.41, 5.74) is 1.12. The molecule has 1 N–H and O–H groups in total. The van der Waals surface area contributed by atoms with Crippen molar-refractivity contribution < 1.29 is 14.0 Å². The number of para-hydroxylation sites is 1. The van der Waals surface area contributed by atoms with Gasteiger partial charge in [0.2, 0.25) is 5.91 Å². The maximum atomic E-state index is 11.9. The molecule has 17 heavy (non-hydrogen) atoms. The first kappa shape index (κ1) is 11.4. The minimum Gasteiger partial charge on any atom is -0.464 e. The second-order valence-corrected chi connectivity index (χ2v) is 3.70. The second-order valence-electron chi connectivity index (χ2n) is 3.70. The molecule has 0 fully saturated rings. The zero-order valence-electron chi connectivity index (χ0n) is 9.53. The van der Waals surface area contributed by atoms with Gasteiger partial charge in [0.1, 0.15) is 11.8 Å². The normalized spacial score (nSPS) is 10.4. The molecule has 0 bridgehead atoms. The molecule has 0 aliphatic heterocycles. The van der Waals surface area contributed by atoms with Crippen LogP contribution in [-0.4, -0.2) is 18.2 Å². The van der Waals surface area contributed by atoms with E-state index in [1.807, 2.05) is 25.1 Å². The van der Waals surface area contributed by atoms with Crippen LogP contribution in [0.3, 0.4) is 0 Å². The molecule has 0 unspecified atom stereocenters. The predicted molar refractivity (Wildman–Crippen MR) is 63.8 cm³/mol. The summed E-state index contributed by atoms with van der Waals surface area (Å²) in [5, 5.41) is 3.35. The number of hydrogen-bond acceptors (Lipinski definition) is 3. The van der Waals surface area contributed by atoms with Crippen molar-refractivity contribution in [1.29, 1.82) is 0 Å². The minimum atomic E-state index is -0.261. The van der Waals surface area contributed by atoms with Crippen LogP contribution in [0.15, 0.2) is 34.9 Å². The molecule has 0 spiro atoms. The van der Waals surface area contributed by atoms with Gasteiger partial charge in [0.05, 0.1) is 12.0 Å². The van der Waals surface area contributed by atoms with Gasteiger partial charge in [-0.05, 0) is 13.0 Å². The molecule has 4 nitrogen and oxygen atoms in total. The summed E-state index contributed by atoms with van der Waals surface area (Å²) in [4.78, 5) is 23.2. The molecule has 0 aliphatic carbocycles. The Hall–Kier alpha value is -2.10. The van der Waals surface area contributed by atoms with E-state index in [-0.39, 0.29) is 18.1 Å². The lowest BCUT2D eigenvalue weighted by molar-refractivity contribution is -0.120. The van der Waals surface area contributed by atoms with Crippen LogP contribution in [0.4, 0.5) is 0 Å². The van der Waals surface area contributed by atoms with Gasteiger partial charge < -0.3 is 9.73 Å². The highest BCUT2D eigenvalue weighted by Gasteiger charge is 2.16. The number of furan rings is 1. The fourth-order valence-corrected chi connectivity index (χ4v) is 1.69. The molecule has 1 amide bonds. The highest BCUT2D eigenvalue weighted by atomic mass is 16.3. The summed E-state index contributed by atoms with van der Waals surface area (Å²) in [5.74, 6) is -0.483. The molecular weight excluding hydrogens is 218 g/mol. The number of Topliss-reactive ketones (excluding diaryl/α,β-unsaturated/α-hetero) is 1. The summed E-state index contributed by atoms with van der Waals surface area (Å²) in [7, 11) is 0. The van der Waals surface area contributed by atoms with Crippen LogP contribution in [0.2, 0.25) is 0 Å². The van der Waals surface area contributed by atoms with Gasteiger partial charge in [-0.2, -0.15) is 0 Å². The van der Waals surface area contributed by atoms with Gasteiger partial charge in [-0.3, -0.25) is 9.59 Å². The number of carbonyl (C=O) groups is 2. The van der Waals surface area contributed by atoms with Crippen molar-refractivity contribution in [2.75, 3.05) is 6.54 Å². The van der Waals surface area contributed by atoms with E-state index >= 15 is 0 Å². The summed E-state index contributed by atoms with van der Waals surface area (Å²) in [6, 6.07) is 7.27. The first-order valence-electron chi connectivity index (χ1n) is 5.48. The Labute approximate surface area is 98.6 Å². The van der Waals surface area contributed by atoms with E-state index in [0.29, 0.717) is 17.7 Å². The molecule has 0 saturated carbocycles. The van der Waals surface area contributed by atoms with Crippen molar-refractivity contribution >= 4 is 22.7 Å². The Morgan fingerprint density at radius 1 is 1.29 bits per heavy atom. The largest absolute Gasteiger partial charge is 0.464 e. The lowest BCUT2D eigenvalue weighted by atomic mass is 10.1. The number of amides is 1. The zero-order chi connectivity index (χ0) is 12.3. The standard InChI is InChI=1S/C13H13NO3/c1-2-14-13(16)7-11(15)10-8-17-12-6-4-3-5-9(10)12/h3-6,8H,2,7H2,1H3,(H,14,16). The molecule has 0 saturated heterocycles. The molecule has 1 aromatic heterocycles. The van der Waals surface area contributed by atoms with Gasteiger partial charge in [0.15, 0.2) is 5.78 Å². The van der Waals surface area contributed by atoms with Gasteiger partial charge in [0, 0.05) is 11.9 Å². The first-order chi connectivity index (χ1) is 8.22. The fourth-order valence-electron chi connectivity index (χ4n) is 1.69. The Morgan fingerprint density at radius 3 is 2.82 bits per heavy atom. The lowest BCUT2D eigenvalue weighted by Gasteiger charge is -2.00. The van der Waals surface area contributed by atoms with Gasteiger partial charge in [0.25, 0.3) is 0 Å². The molecule has 4 heteroatoms. The molecule has 1 heterocycles. The number of ketones is 1. The van der Waals surface area contributed by atoms with Crippen LogP contribution < -0.4 is 5.32 Å². The van der Waals surface area contributed by atoms with E-state index in [9.17, 15) is 9.59 Å². The minimum absolute atomic E-state index is 0.142. The molecule has 2 aromatic rings. The van der Waals surface area contributed by atoms with Crippen LogP contribution >= 0.6 is 0 Å². The van der Waals surface area contributed by atoms with Crippen molar-refractivity contribution in [3.05, 3.63) is 36.1 Å². The Bertz CT molecular complexity index is 557. The number of hydrogen-bond donors (Lipinski definition) is 1. The van der Waals surface area contributed by atoms with Crippen LogP contribution in [0.25, 0.3) is 11.0 Å². The highest BCUT2D eigenvalue weighted by Crippen LogP contribution is 2.21. The van der Waals surface area contributed by atoms with E-state index in [1.54, 1.807) is 6.07 Å². The van der Waals surface area contributed by atoms with Crippen LogP contribution in [0.1, 0.15) is 23.7 Å². The number of nitrogens with one attached hydrogen (secondary N) is 1. The van der Waals surface area contributed by atoms with Crippen molar-refractivity contribution in [1.82, 2.24) is 5.32 Å². The van der Waals surface area contributed by atoms with E-state index in [2.05, 4.69) is 5.32 Å². The average Bonchev–Trinajstić information content (AvgIpc) is 2.72. The van der Waals surface area contributed by atoms with E-state index in [0.717, 1.165) is 5.39 Å². The third-order valence-corrected chi connectivity index (χ3v) is 2.48. The van der Waals surface area contributed by atoms with E-state index < -0.39 is 0 Å². The predicted octanol–water partition coefficient (Wildman–Crippen LogP) is 2.14. The zero-order valence-corrected chi connectivity index (χ0v) is 9.53. The van der Waals surface area contributed by atoms with Crippen molar-refractivity contribution in [2.24, 2.45) is 0 Å². The summed E-state index contributed by atoms with van der Waals surface area (Å²) in [6.45, 7) is 2.34. The lowest BCUT2D eigenvalue weighted by Crippen LogP contribution is -2.25. The average molecular weight is 231 g/mol. The van der Waals surface area contributed by atoms with Crippen LogP contribution in [0, 0.1) is 0 Å². The van der Waals surface area contributed by atoms with Gasteiger partial charge in [-0.1, -0.05) is 18.2 Å². The molecule has 0 radical (unpaired) electrons. The molecule has 0 aliphatic rings. The van der Waals surface area contributed by atoms with E-state index in [1.165, 1.54) is 6.26 Å². The van der Waals surface area contributed by atoms with Crippen molar-refractivity contribution in [3.63, 3.8) is 0 Å². The topological polar surface area (TPSA) is 59.3 Å². The van der Waals surface area contributed by atoms with Crippen LogP contribution in [0.5, 0.6) is 0 Å². The SMILES string of the molecule is CCNC(=O)CC(=O)c1coc2ccccc12. The quantitative estimate of drug-likeness (QED) is 0.647. The maximum Gasteiger partial charge on any atom is 0.227 e. The summed E-state index contributed by atoms with van der Waals surface area (Å²) >= 11 is 0. The number of carbonyl (C=O) groups excluding carboxylic acids is 2. The van der Waals surface area contributed by atoms with Gasteiger partial charge in [-0.15, -0.1) is 0 Å². The number of benzene rings is 1. The smallest absolute Gasteiger partial charge is 0.227 e. The van der Waals surface area contributed by atoms with Gasteiger partial charge in [-0.25, -0.2) is 0 Å². The highest BCUT2D eigenvalue weighted by molar-refractivity contribution is 6.13. The number of rotatable bonds is 4. The van der Waals surface area contributed by atoms with Gasteiger partial charge >= 0.3 is 0 Å². The Morgan fingerprint density at radius 2 is 2.06 bits per heavy atom. The Kier molecular flexibility index (Phi) is 3.23. The van der Waals surface area contributed by atoms with Crippen LogP contribution in [-0.2, 0) is 4.79 Å². The Balaban J connectivity index is 2.22. The molecule has 0 atom stereocenters. The van der Waals surface area contributed by atoms with Crippen molar-refractivity contribution in [2.45, 2.75) is 13.3 Å².